The molecular weight excluding hydrogens is 326 g/mol. The molecule has 3 unspecified atom stereocenters. The van der Waals surface area contributed by atoms with Crippen molar-refractivity contribution in [1.82, 2.24) is 15.2 Å². The van der Waals surface area contributed by atoms with Gasteiger partial charge < -0.3 is 15.0 Å². The van der Waals surface area contributed by atoms with Crippen LogP contribution in [0.4, 0.5) is 0 Å². The predicted molar refractivity (Wildman–Crippen MR) is 96.2 cm³/mol. The highest BCUT2D eigenvalue weighted by Crippen LogP contribution is 2.27. The van der Waals surface area contributed by atoms with Crippen LogP contribution in [0.3, 0.4) is 0 Å². The molecule has 1 saturated heterocycles. The Morgan fingerprint density at radius 3 is 3.00 bits per heavy atom. The number of pyridine rings is 1. The Kier molecular flexibility index (Phi) is 7.46. The first kappa shape index (κ1) is 19.2. The minimum absolute atomic E-state index is 0. The van der Waals surface area contributed by atoms with Crippen molar-refractivity contribution in [3.05, 3.63) is 30.1 Å². The first-order valence-corrected chi connectivity index (χ1v) is 8.77. The third kappa shape index (κ3) is 4.68. The topological polar surface area (TPSA) is 54.5 Å². The summed E-state index contributed by atoms with van der Waals surface area (Å²) in [5.41, 5.74) is 1.08. The van der Waals surface area contributed by atoms with Gasteiger partial charge >= 0.3 is 0 Å². The average Bonchev–Trinajstić information content (AvgIpc) is 2.61. The predicted octanol–water partition coefficient (Wildman–Crippen LogP) is 2.57. The van der Waals surface area contributed by atoms with Crippen LogP contribution in [0.2, 0.25) is 0 Å². The number of aromatic nitrogens is 1. The second-order valence-corrected chi connectivity index (χ2v) is 6.70. The lowest BCUT2D eigenvalue weighted by atomic mass is 9.88. The van der Waals surface area contributed by atoms with Crippen LogP contribution >= 0.6 is 12.4 Å². The van der Waals surface area contributed by atoms with Gasteiger partial charge in [0.1, 0.15) is 6.61 Å². The van der Waals surface area contributed by atoms with Gasteiger partial charge in [-0.05, 0) is 30.4 Å². The molecule has 0 radical (unpaired) electrons. The Labute approximate surface area is 150 Å². The molecule has 1 aliphatic carbocycles. The Bertz CT molecular complexity index is 514. The summed E-state index contributed by atoms with van der Waals surface area (Å²) in [5, 5.41) is 3.37. The quantitative estimate of drug-likeness (QED) is 0.903. The van der Waals surface area contributed by atoms with E-state index in [0.29, 0.717) is 5.92 Å². The molecule has 3 rings (SSSR count). The Morgan fingerprint density at radius 2 is 2.25 bits per heavy atom. The van der Waals surface area contributed by atoms with E-state index in [1.807, 2.05) is 23.2 Å². The monoisotopic (exact) mass is 353 g/mol. The summed E-state index contributed by atoms with van der Waals surface area (Å²) in [6, 6.07) is 4.01. The van der Waals surface area contributed by atoms with E-state index < -0.39 is 0 Å². The maximum absolute atomic E-state index is 12.7. The number of nitrogens with zero attached hydrogens (tertiary/aromatic N) is 2. The molecule has 1 aliphatic heterocycles. The lowest BCUT2D eigenvalue weighted by Crippen LogP contribution is -2.50. The van der Waals surface area contributed by atoms with E-state index in [0.717, 1.165) is 31.6 Å². The van der Waals surface area contributed by atoms with Crippen molar-refractivity contribution in [2.75, 3.05) is 26.2 Å². The Balaban J connectivity index is 0.00000208. The van der Waals surface area contributed by atoms with Crippen LogP contribution in [0.15, 0.2) is 24.5 Å². The number of halogens is 1. The number of ether oxygens (including phenoxy) is 1. The van der Waals surface area contributed by atoms with E-state index in [1.54, 1.807) is 6.20 Å². The summed E-state index contributed by atoms with van der Waals surface area (Å²) < 4.78 is 5.97. The fourth-order valence-corrected chi connectivity index (χ4v) is 3.66. The van der Waals surface area contributed by atoms with E-state index in [4.69, 9.17) is 4.74 Å². The summed E-state index contributed by atoms with van der Waals surface area (Å²) in [4.78, 5) is 18.8. The fourth-order valence-electron chi connectivity index (χ4n) is 3.66. The highest BCUT2D eigenvalue weighted by Gasteiger charge is 2.29. The number of hydrogen-bond acceptors (Lipinski definition) is 4. The minimum Gasteiger partial charge on any atom is -0.368 e. The number of carbonyl (C=O) groups excluding carboxylic acids is 1. The van der Waals surface area contributed by atoms with E-state index in [2.05, 4.69) is 17.2 Å². The van der Waals surface area contributed by atoms with Crippen molar-refractivity contribution in [3.8, 4) is 0 Å². The smallest absolute Gasteiger partial charge is 0.249 e. The molecule has 134 valence electrons. The first-order valence-electron chi connectivity index (χ1n) is 8.77. The molecule has 1 amide bonds. The van der Waals surface area contributed by atoms with Crippen molar-refractivity contribution < 1.29 is 9.53 Å². The van der Waals surface area contributed by atoms with Crippen LogP contribution < -0.4 is 5.32 Å². The zero-order valence-electron chi connectivity index (χ0n) is 14.3. The van der Waals surface area contributed by atoms with Gasteiger partial charge in [-0.3, -0.25) is 9.78 Å². The molecule has 24 heavy (non-hydrogen) atoms. The van der Waals surface area contributed by atoms with Crippen LogP contribution in [-0.4, -0.2) is 48.1 Å². The molecule has 2 heterocycles. The maximum atomic E-state index is 12.7. The summed E-state index contributed by atoms with van der Waals surface area (Å²) in [5.74, 6) is 0.659. The first-order chi connectivity index (χ1) is 11.3. The van der Waals surface area contributed by atoms with Crippen molar-refractivity contribution in [2.45, 2.75) is 44.8 Å². The van der Waals surface area contributed by atoms with Crippen molar-refractivity contribution in [2.24, 2.45) is 5.92 Å². The maximum Gasteiger partial charge on any atom is 0.249 e. The van der Waals surface area contributed by atoms with Gasteiger partial charge in [-0.1, -0.05) is 25.8 Å². The third-order valence-electron chi connectivity index (χ3n) is 5.09. The second kappa shape index (κ2) is 9.35. The van der Waals surface area contributed by atoms with Crippen LogP contribution in [0.5, 0.6) is 0 Å². The van der Waals surface area contributed by atoms with Crippen molar-refractivity contribution in [1.29, 1.82) is 0 Å². The lowest BCUT2D eigenvalue weighted by Gasteiger charge is -2.37. The molecular formula is C18H28ClN3O2. The van der Waals surface area contributed by atoms with E-state index >= 15 is 0 Å². The molecule has 0 bridgehead atoms. The largest absolute Gasteiger partial charge is 0.368 e. The molecule has 1 N–H and O–H groups in total. The molecule has 0 spiro atoms. The van der Waals surface area contributed by atoms with E-state index in [-0.39, 0.29) is 37.1 Å². The van der Waals surface area contributed by atoms with Crippen molar-refractivity contribution in [3.63, 3.8) is 0 Å². The molecule has 1 aromatic rings. The van der Waals surface area contributed by atoms with Gasteiger partial charge in [0, 0.05) is 32.0 Å². The number of hydrogen-bond donors (Lipinski definition) is 1. The number of rotatable bonds is 4. The zero-order valence-corrected chi connectivity index (χ0v) is 15.1. The molecule has 0 aromatic carbocycles. The van der Waals surface area contributed by atoms with Crippen LogP contribution in [0, 0.1) is 5.92 Å². The van der Waals surface area contributed by atoms with Crippen LogP contribution in [0.1, 0.15) is 44.2 Å². The number of carbonyl (C=O) groups is 1. The Morgan fingerprint density at radius 1 is 1.42 bits per heavy atom. The SMILES string of the molecule is CC1CCCCC1OCC(=O)N1CCNCC1c1cccnc1.Cl. The van der Waals surface area contributed by atoms with Gasteiger partial charge in [-0.2, -0.15) is 0 Å². The summed E-state index contributed by atoms with van der Waals surface area (Å²) >= 11 is 0. The normalized spacial score (nSPS) is 27.4. The molecule has 1 saturated carbocycles. The molecule has 3 atom stereocenters. The van der Waals surface area contributed by atoms with Gasteiger partial charge in [-0.15, -0.1) is 12.4 Å². The highest BCUT2D eigenvalue weighted by molar-refractivity contribution is 5.85. The van der Waals surface area contributed by atoms with Crippen molar-refractivity contribution >= 4 is 18.3 Å². The molecule has 6 heteroatoms. The van der Waals surface area contributed by atoms with E-state index in [1.165, 1.54) is 19.3 Å². The summed E-state index contributed by atoms with van der Waals surface area (Å²) in [6.07, 6.45) is 8.66. The minimum atomic E-state index is 0. The summed E-state index contributed by atoms with van der Waals surface area (Å²) in [7, 11) is 0. The fraction of sp³-hybridized carbons (Fsp3) is 0.667. The number of nitrogens with one attached hydrogen (secondary N) is 1. The third-order valence-corrected chi connectivity index (χ3v) is 5.09. The molecule has 2 aliphatic rings. The number of piperazine rings is 1. The Hall–Kier alpha value is -1.17. The zero-order chi connectivity index (χ0) is 16.1. The summed E-state index contributed by atoms with van der Waals surface area (Å²) in [6.45, 7) is 4.77. The number of amides is 1. The molecule has 2 fully saturated rings. The second-order valence-electron chi connectivity index (χ2n) is 6.70. The van der Waals surface area contributed by atoms with Crippen LogP contribution in [-0.2, 0) is 9.53 Å². The van der Waals surface area contributed by atoms with Gasteiger partial charge in [0.2, 0.25) is 5.91 Å². The van der Waals surface area contributed by atoms with Crippen LogP contribution in [0.25, 0.3) is 0 Å². The average molecular weight is 354 g/mol. The van der Waals surface area contributed by atoms with Gasteiger partial charge in [0.25, 0.3) is 0 Å². The molecule has 5 nitrogen and oxygen atoms in total. The van der Waals surface area contributed by atoms with Gasteiger partial charge in [0.05, 0.1) is 12.1 Å². The lowest BCUT2D eigenvalue weighted by molar-refractivity contribution is -0.143. The van der Waals surface area contributed by atoms with Gasteiger partial charge in [0.15, 0.2) is 0 Å². The van der Waals surface area contributed by atoms with Gasteiger partial charge in [-0.25, -0.2) is 0 Å². The van der Waals surface area contributed by atoms with E-state index in [9.17, 15) is 4.79 Å². The molecule has 1 aromatic heterocycles. The standard InChI is InChI=1S/C18H27N3O2.ClH/c1-14-5-2-3-7-17(14)23-13-18(22)21-10-9-20-12-16(21)15-6-4-8-19-11-15;/h4,6,8,11,14,16-17,20H,2-3,5,7,9-10,12-13H2,1H3;1H. The highest BCUT2D eigenvalue weighted by atomic mass is 35.5.